The second-order valence-corrected chi connectivity index (χ2v) is 7.03. The van der Waals surface area contributed by atoms with Gasteiger partial charge in [0.2, 0.25) is 0 Å². The van der Waals surface area contributed by atoms with Crippen LogP contribution in [-0.4, -0.2) is 55.9 Å². The molecule has 2 N–H and O–H groups in total. The summed E-state index contributed by atoms with van der Waals surface area (Å²) in [6, 6.07) is 9.42. The van der Waals surface area contributed by atoms with Crippen molar-refractivity contribution in [3.63, 3.8) is 0 Å². The smallest absolute Gasteiger partial charge is 0.325 e. The van der Waals surface area contributed by atoms with Crippen molar-refractivity contribution in [1.29, 1.82) is 0 Å². The maximum atomic E-state index is 13.0. The van der Waals surface area contributed by atoms with E-state index < -0.39 is 24.1 Å². The van der Waals surface area contributed by atoms with Gasteiger partial charge in [-0.1, -0.05) is 12.1 Å². The largest absolute Gasteiger partial charge is 0.497 e. The number of aliphatic carboxylic acids is 1. The van der Waals surface area contributed by atoms with Crippen LogP contribution in [0.5, 0.6) is 17.2 Å². The lowest BCUT2D eigenvalue weighted by molar-refractivity contribution is -0.138. The SMILES string of the molecule is COc1ccc(C2c3cc(OC)c(OC)cc3CCN2C(=O)N[C@H](C)C(=O)O)cc1. The van der Waals surface area contributed by atoms with Crippen molar-refractivity contribution in [2.45, 2.75) is 25.4 Å². The summed E-state index contributed by atoms with van der Waals surface area (Å²) < 4.78 is 16.2. The summed E-state index contributed by atoms with van der Waals surface area (Å²) in [5.41, 5.74) is 2.83. The van der Waals surface area contributed by atoms with E-state index in [1.54, 1.807) is 26.2 Å². The van der Waals surface area contributed by atoms with Crippen molar-refractivity contribution in [3.05, 3.63) is 53.1 Å². The third-order valence-corrected chi connectivity index (χ3v) is 5.28. The van der Waals surface area contributed by atoms with Gasteiger partial charge in [-0.15, -0.1) is 0 Å². The minimum absolute atomic E-state index is 0.416. The summed E-state index contributed by atoms with van der Waals surface area (Å²) in [6.07, 6.45) is 0.608. The molecule has 0 spiro atoms. The van der Waals surface area contributed by atoms with Crippen LogP contribution in [0, 0.1) is 0 Å². The number of carboxylic acid groups (broad SMARTS) is 1. The Hall–Kier alpha value is -3.42. The lowest BCUT2D eigenvalue weighted by Gasteiger charge is -2.38. The third kappa shape index (κ3) is 4.12. The number of carboxylic acids is 1. The molecule has 1 aliphatic heterocycles. The summed E-state index contributed by atoms with van der Waals surface area (Å²) in [4.78, 5) is 25.8. The first-order valence-corrected chi connectivity index (χ1v) is 9.58. The van der Waals surface area contributed by atoms with Crippen molar-refractivity contribution in [1.82, 2.24) is 10.2 Å². The molecule has 2 atom stereocenters. The predicted octanol–water partition coefficient (Wildman–Crippen LogP) is 2.84. The normalized spacial score (nSPS) is 16.3. The molecule has 1 heterocycles. The molecule has 0 saturated heterocycles. The van der Waals surface area contributed by atoms with Crippen LogP contribution in [0.4, 0.5) is 4.79 Å². The van der Waals surface area contributed by atoms with Gasteiger partial charge in [-0.3, -0.25) is 4.79 Å². The number of fused-ring (bicyclic) bond motifs is 1. The van der Waals surface area contributed by atoms with Gasteiger partial charge in [0.1, 0.15) is 11.8 Å². The van der Waals surface area contributed by atoms with E-state index in [0.29, 0.717) is 30.2 Å². The van der Waals surface area contributed by atoms with Gasteiger partial charge in [-0.25, -0.2) is 4.79 Å². The standard InChI is InChI=1S/C22H26N2O6/c1-13(21(25)26)23-22(27)24-10-9-15-11-18(29-3)19(30-4)12-17(15)20(24)14-5-7-16(28-2)8-6-14/h5-8,11-13,20H,9-10H2,1-4H3,(H,23,27)(H,25,26)/t13-,20?/m1/s1. The Balaban J connectivity index is 2.07. The average molecular weight is 414 g/mol. The van der Waals surface area contributed by atoms with E-state index in [1.807, 2.05) is 36.4 Å². The molecule has 30 heavy (non-hydrogen) atoms. The molecule has 2 aromatic rings. The van der Waals surface area contributed by atoms with E-state index in [9.17, 15) is 14.7 Å². The fourth-order valence-electron chi connectivity index (χ4n) is 3.64. The zero-order chi connectivity index (χ0) is 21.8. The number of ether oxygens (including phenoxy) is 3. The molecule has 0 radical (unpaired) electrons. The molecule has 1 aliphatic rings. The first-order chi connectivity index (χ1) is 14.4. The Labute approximate surface area is 175 Å². The van der Waals surface area contributed by atoms with Crippen LogP contribution in [-0.2, 0) is 11.2 Å². The number of hydrogen-bond donors (Lipinski definition) is 2. The number of amides is 2. The van der Waals surface area contributed by atoms with Crippen LogP contribution < -0.4 is 19.5 Å². The van der Waals surface area contributed by atoms with E-state index in [4.69, 9.17) is 14.2 Å². The molecule has 0 aromatic heterocycles. The maximum Gasteiger partial charge on any atom is 0.325 e. The second kappa shape index (κ2) is 8.94. The number of nitrogens with one attached hydrogen (secondary N) is 1. The van der Waals surface area contributed by atoms with Gasteiger partial charge in [-0.05, 0) is 54.3 Å². The van der Waals surface area contributed by atoms with E-state index in [0.717, 1.165) is 16.7 Å². The van der Waals surface area contributed by atoms with Crippen LogP contribution in [0.2, 0.25) is 0 Å². The van der Waals surface area contributed by atoms with Crippen molar-refractivity contribution in [3.8, 4) is 17.2 Å². The quantitative estimate of drug-likeness (QED) is 0.754. The number of benzene rings is 2. The Morgan fingerprint density at radius 3 is 2.27 bits per heavy atom. The minimum Gasteiger partial charge on any atom is -0.497 e. The highest BCUT2D eigenvalue weighted by molar-refractivity contribution is 5.83. The van der Waals surface area contributed by atoms with Crippen LogP contribution in [0.15, 0.2) is 36.4 Å². The summed E-state index contributed by atoms with van der Waals surface area (Å²) in [7, 11) is 4.74. The van der Waals surface area contributed by atoms with E-state index in [-0.39, 0.29) is 0 Å². The molecule has 2 amide bonds. The molecule has 0 fully saturated rings. The molecule has 8 heteroatoms. The Kier molecular flexibility index (Phi) is 6.34. The number of carbonyl (C=O) groups is 2. The highest BCUT2D eigenvalue weighted by atomic mass is 16.5. The lowest BCUT2D eigenvalue weighted by atomic mass is 9.87. The Morgan fingerprint density at radius 1 is 1.07 bits per heavy atom. The first kappa shape index (κ1) is 21.3. The zero-order valence-corrected chi connectivity index (χ0v) is 17.5. The molecule has 160 valence electrons. The van der Waals surface area contributed by atoms with Gasteiger partial charge in [0.15, 0.2) is 11.5 Å². The molecular formula is C22H26N2O6. The Morgan fingerprint density at radius 2 is 1.70 bits per heavy atom. The van der Waals surface area contributed by atoms with Gasteiger partial charge in [0.05, 0.1) is 27.4 Å². The zero-order valence-electron chi connectivity index (χ0n) is 17.5. The molecule has 2 aromatic carbocycles. The number of methoxy groups -OCH3 is 3. The minimum atomic E-state index is -1.09. The van der Waals surface area contributed by atoms with Gasteiger partial charge in [-0.2, -0.15) is 0 Å². The van der Waals surface area contributed by atoms with Gasteiger partial charge in [0.25, 0.3) is 0 Å². The van der Waals surface area contributed by atoms with Crippen LogP contribution in [0.3, 0.4) is 0 Å². The van der Waals surface area contributed by atoms with Crippen molar-refractivity contribution >= 4 is 12.0 Å². The monoisotopic (exact) mass is 414 g/mol. The predicted molar refractivity (Wildman–Crippen MR) is 110 cm³/mol. The molecule has 0 saturated carbocycles. The highest BCUT2D eigenvalue weighted by Crippen LogP contribution is 2.41. The number of rotatable bonds is 6. The van der Waals surface area contributed by atoms with E-state index in [2.05, 4.69) is 5.32 Å². The summed E-state index contributed by atoms with van der Waals surface area (Å²) in [6.45, 7) is 1.87. The number of nitrogens with zero attached hydrogens (tertiary/aromatic N) is 1. The Bertz CT molecular complexity index is 928. The third-order valence-electron chi connectivity index (χ3n) is 5.28. The molecule has 8 nitrogen and oxygen atoms in total. The van der Waals surface area contributed by atoms with Gasteiger partial charge in [0, 0.05) is 6.54 Å². The fraction of sp³-hybridized carbons (Fsp3) is 0.364. The van der Waals surface area contributed by atoms with Gasteiger partial charge < -0.3 is 29.5 Å². The number of urea groups is 1. The first-order valence-electron chi connectivity index (χ1n) is 9.58. The van der Waals surface area contributed by atoms with E-state index in [1.165, 1.54) is 6.92 Å². The summed E-state index contributed by atoms with van der Waals surface area (Å²) >= 11 is 0. The summed E-state index contributed by atoms with van der Waals surface area (Å²) in [5, 5.41) is 11.7. The van der Waals surface area contributed by atoms with Crippen LogP contribution in [0.1, 0.15) is 29.7 Å². The topological polar surface area (TPSA) is 97.3 Å². The van der Waals surface area contributed by atoms with Crippen LogP contribution >= 0.6 is 0 Å². The number of hydrogen-bond acceptors (Lipinski definition) is 5. The van der Waals surface area contributed by atoms with E-state index >= 15 is 0 Å². The molecule has 0 aliphatic carbocycles. The van der Waals surface area contributed by atoms with Gasteiger partial charge >= 0.3 is 12.0 Å². The highest BCUT2D eigenvalue weighted by Gasteiger charge is 2.34. The van der Waals surface area contributed by atoms with Crippen LogP contribution in [0.25, 0.3) is 0 Å². The van der Waals surface area contributed by atoms with Crippen molar-refractivity contribution < 1.29 is 28.9 Å². The fourth-order valence-corrected chi connectivity index (χ4v) is 3.64. The molecule has 0 bridgehead atoms. The molecule has 3 rings (SSSR count). The number of carbonyl (C=O) groups excluding carboxylic acids is 1. The maximum absolute atomic E-state index is 13.0. The second-order valence-electron chi connectivity index (χ2n) is 7.03. The van der Waals surface area contributed by atoms with Crippen molar-refractivity contribution in [2.24, 2.45) is 0 Å². The molecule has 1 unspecified atom stereocenters. The average Bonchev–Trinajstić information content (AvgIpc) is 2.77. The van der Waals surface area contributed by atoms with Crippen molar-refractivity contribution in [2.75, 3.05) is 27.9 Å². The lowest BCUT2D eigenvalue weighted by Crippen LogP contribution is -2.50. The molecular weight excluding hydrogens is 388 g/mol. The summed E-state index contributed by atoms with van der Waals surface area (Å²) in [5.74, 6) is 0.809.